The predicted octanol–water partition coefficient (Wildman–Crippen LogP) is 2.89. The third-order valence-corrected chi connectivity index (χ3v) is 3.98. The molecule has 22 heavy (non-hydrogen) atoms. The SMILES string of the molecule is COC(=O)c1ccc(/C=N/Nc2nc(C)c(C(C)=O)s2)cc1. The van der Waals surface area contributed by atoms with E-state index in [-0.39, 0.29) is 11.8 Å². The van der Waals surface area contributed by atoms with E-state index in [0.717, 1.165) is 5.56 Å². The molecule has 0 aliphatic rings. The molecule has 0 fully saturated rings. The number of aromatic nitrogens is 1. The largest absolute Gasteiger partial charge is 0.465 e. The summed E-state index contributed by atoms with van der Waals surface area (Å²) in [4.78, 5) is 27.5. The third-order valence-electron chi connectivity index (χ3n) is 2.82. The first-order valence-corrected chi connectivity index (χ1v) is 7.28. The molecular formula is C15H15N3O3S. The quantitative estimate of drug-likeness (QED) is 0.397. The zero-order valence-electron chi connectivity index (χ0n) is 12.4. The third kappa shape index (κ3) is 3.76. The number of benzene rings is 1. The van der Waals surface area contributed by atoms with Gasteiger partial charge in [0.2, 0.25) is 5.13 Å². The van der Waals surface area contributed by atoms with Crippen molar-refractivity contribution in [3.8, 4) is 0 Å². The number of nitrogens with one attached hydrogen (secondary N) is 1. The molecule has 6 nitrogen and oxygen atoms in total. The fourth-order valence-corrected chi connectivity index (χ4v) is 2.57. The highest BCUT2D eigenvalue weighted by Crippen LogP contribution is 2.22. The first-order valence-electron chi connectivity index (χ1n) is 6.47. The number of hydrogen-bond acceptors (Lipinski definition) is 7. The van der Waals surface area contributed by atoms with Crippen molar-refractivity contribution in [2.45, 2.75) is 13.8 Å². The standard InChI is InChI=1S/C15H15N3O3S/c1-9-13(10(2)19)22-15(17-9)18-16-8-11-4-6-12(7-5-11)14(20)21-3/h4-8H,1-3H3,(H,17,18)/b16-8+. The minimum absolute atomic E-state index is 0.00886. The maximum atomic E-state index is 11.4. The minimum Gasteiger partial charge on any atom is -0.465 e. The fraction of sp³-hybridized carbons (Fsp3) is 0.200. The van der Waals surface area contributed by atoms with Gasteiger partial charge in [0.25, 0.3) is 0 Å². The van der Waals surface area contributed by atoms with Gasteiger partial charge in [0, 0.05) is 6.92 Å². The molecule has 0 radical (unpaired) electrons. The van der Waals surface area contributed by atoms with Crippen LogP contribution in [0.2, 0.25) is 0 Å². The van der Waals surface area contributed by atoms with Gasteiger partial charge in [-0.3, -0.25) is 10.2 Å². The highest BCUT2D eigenvalue weighted by atomic mass is 32.1. The maximum Gasteiger partial charge on any atom is 0.337 e. The second-order valence-electron chi connectivity index (χ2n) is 4.47. The number of ether oxygens (including phenoxy) is 1. The summed E-state index contributed by atoms with van der Waals surface area (Å²) in [6.45, 7) is 3.30. The van der Waals surface area contributed by atoms with Crippen molar-refractivity contribution in [1.82, 2.24) is 4.98 Å². The number of nitrogens with zero attached hydrogens (tertiary/aromatic N) is 2. The Balaban J connectivity index is 2.02. The van der Waals surface area contributed by atoms with Crippen molar-refractivity contribution in [2.75, 3.05) is 12.5 Å². The van der Waals surface area contributed by atoms with Crippen LogP contribution in [0.5, 0.6) is 0 Å². The normalized spacial score (nSPS) is 10.7. The molecule has 0 aliphatic carbocycles. The molecule has 1 heterocycles. The molecule has 0 atom stereocenters. The van der Waals surface area contributed by atoms with Crippen LogP contribution in [0.4, 0.5) is 5.13 Å². The number of hydrazone groups is 1. The predicted molar refractivity (Wildman–Crippen MR) is 85.9 cm³/mol. The summed E-state index contributed by atoms with van der Waals surface area (Å²) >= 11 is 1.27. The molecule has 2 aromatic rings. The van der Waals surface area contributed by atoms with E-state index in [1.807, 2.05) is 0 Å². The number of thiazole rings is 1. The number of esters is 1. The van der Waals surface area contributed by atoms with Crippen LogP contribution in [-0.4, -0.2) is 30.1 Å². The van der Waals surface area contributed by atoms with Crippen molar-refractivity contribution in [1.29, 1.82) is 0 Å². The first-order chi connectivity index (χ1) is 10.5. The number of hydrogen-bond donors (Lipinski definition) is 1. The molecule has 0 spiro atoms. The van der Waals surface area contributed by atoms with Gasteiger partial charge in [-0.05, 0) is 24.6 Å². The molecule has 0 saturated heterocycles. The van der Waals surface area contributed by atoms with Crippen molar-refractivity contribution < 1.29 is 14.3 Å². The van der Waals surface area contributed by atoms with Gasteiger partial charge in [0.05, 0.1) is 29.5 Å². The molecule has 0 bridgehead atoms. The number of Topliss-reactive ketones (excluding diaryl/α,β-unsaturated/α-hetero) is 1. The Morgan fingerprint density at radius 1 is 1.32 bits per heavy atom. The number of anilines is 1. The number of methoxy groups -OCH3 is 1. The van der Waals surface area contributed by atoms with E-state index >= 15 is 0 Å². The average Bonchev–Trinajstić information content (AvgIpc) is 2.88. The van der Waals surface area contributed by atoms with Gasteiger partial charge in [0.1, 0.15) is 0 Å². The van der Waals surface area contributed by atoms with Crippen molar-refractivity contribution in [3.05, 3.63) is 46.0 Å². The van der Waals surface area contributed by atoms with Gasteiger partial charge in [-0.25, -0.2) is 9.78 Å². The molecule has 114 valence electrons. The highest BCUT2D eigenvalue weighted by molar-refractivity contribution is 7.17. The van der Waals surface area contributed by atoms with Gasteiger partial charge in [-0.2, -0.15) is 5.10 Å². The molecule has 0 unspecified atom stereocenters. The molecule has 2 rings (SSSR count). The molecule has 0 aliphatic heterocycles. The Bertz CT molecular complexity index is 720. The minimum atomic E-state index is -0.378. The van der Waals surface area contributed by atoms with Crippen LogP contribution in [0.15, 0.2) is 29.4 Å². The highest BCUT2D eigenvalue weighted by Gasteiger charge is 2.10. The monoisotopic (exact) mass is 317 g/mol. The van der Waals surface area contributed by atoms with Gasteiger partial charge in [0.15, 0.2) is 5.78 Å². The van der Waals surface area contributed by atoms with E-state index in [0.29, 0.717) is 21.3 Å². The van der Waals surface area contributed by atoms with Crippen LogP contribution in [0.1, 0.15) is 38.2 Å². The lowest BCUT2D eigenvalue weighted by Crippen LogP contribution is -2.00. The van der Waals surface area contributed by atoms with Gasteiger partial charge >= 0.3 is 5.97 Å². The summed E-state index contributed by atoms with van der Waals surface area (Å²) in [6, 6.07) is 6.83. The Morgan fingerprint density at radius 2 is 2.00 bits per heavy atom. The molecule has 0 saturated carbocycles. The summed E-state index contributed by atoms with van der Waals surface area (Å²) in [5, 5.41) is 4.63. The van der Waals surface area contributed by atoms with Crippen LogP contribution >= 0.6 is 11.3 Å². The Kier molecular flexibility index (Phi) is 5.00. The molecule has 1 aromatic carbocycles. The topological polar surface area (TPSA) is 80.7 Å². The first kappa shape index (κ1) is 15.8. The fourth-order valence-electron chi connectivity index (χ4n) is 1.76. The molecule has 0 amide bonds. The van der Waals surface area contributed by atoms with E-state index in [9.17, 15) is 9.59 Å². The lowest BCUT2D eigenvalue weighted by molar-refractivity contribution is 0.0600. The van der Waals surface area contributed by atoms with Crippen molar-refractivity contribution in [2.24, 2.45) is 5.10 Å². The van der Waals surface area contributed by atoms with Gasteiger partial charge in [-0.1, -0.05) is 23.5 Å². The zero-order chi connectivity index (χ0) is 16.1. The molecular weight excluding hydrogens is 302 g/mol. The number of ketones is 1. The summed E-state index contributed by atoms with van der Waals surface area (Å²) < 4.78 is 4.63. The summed E-state index contributed by atoms with van der Waals surface area (Å²) in [5.74, 6) is -0.387. The lowest BCUT2D eigenvalue weighted by Gasteiger charge is -1.99. The van der Waals surface area contributed by atoms with E-state index in [4.69, 9.17) is 0 Å². The lowest BCUT2D eigenvalue weighted by atomic mass is 10.1. The number of aryl methyl sites for hydroxylation is 1. The van der Waals surface area contributed by atoms with E-state index in [1.165, 1.54) is 25.4 Å². The molecule has 1 N–H and O–H groups in total. The summed E-state index contributed by atoms with van der Waals surface area (Å²) in [5.41, 5.74) is 4.78. The van der Waals surface area contributed by atoms with Crippen LogP contribution in [-0.2, 0) is 4.74 Å². The second kappa shape index (κ2) is 6.95. The zero-order valence-corrected chi connectivity index (χ0v) is 13.2. The Morgan fingerprint density at radius 3 is 2.55 bits per heavy atom. The van der Waals surface area contributed by atoms with E-state index < -0.39 is 0 Å². The number of rotatable bonds is 5. The van der Waals surface area contributed by atoms with Crippen LogP contribution in [0, 0.1) is 6.92 Å². The summed E-state index contributed by atoms with van der Waals surface area (Å²) in [7, 11) is 1.34. The van der Waals surface area contributed by atoms with Crippen LogP contribution in [0.3, 0.4) is 0 Å². The Hall–Kier alpha value is -2.54. The van der Waals surface area contributed by atoms with Gasteiger partial charge in [-0.15, -0.1) is 0 Å². The van der Waals surface area contributed by atoms with E-state index in [1.54, 1.807) is 37.4 Å². The van der Waals surface area contributed by atoms with Crippen molar-refractivity contribution >= 4 is 34.4 Å². The van der Waals surface area contributed by atoms with E-state index in [2.05, 4.69) is 20.2 Å². The summed E-state index contributed by atoms with van der Waals surface area (Å²) in [6.07, 6.45) is 1.60. The second-order valence-corrected chi connectivity index (χ2v) is 5.47. The number of carbonyl (C=O) groups is 2. The average molecular weight is 317 g/mol. The molecule has 1 aromatic heterocycles. The Labute approximate surface area is 131 Å². The smallest absolute Gasteiger partial charge is 0.337 e. The molecule has 7 heteroatoms. The van der Waals surface area contributed by atoms with Crippen LogP contribution < -0.4 is 5.43 Å². The van der Waals surface area contributed by atoms with Crippen molar-refractivity contribution in [3.63, 3.8) is 0 Å². The maximum absolute atomic E-state index is 11.4. The number of carbonyl (C=O) groups excluding carboxylic acids is 2. The van der Waals surface area contributed by atoms with Crippen LogP contribution in [0.25, 0.3) is 0 Å². The van der Waals surface area contributed by atoms with Gasteiger partial charge < -0.3 is 4.74 Å².